The third-order valence-electron chi connectivity index (χ3n) is 6.99. The number of anilines is 1. The fourth-order valence-corrected chi connectivity index (χ4v) is 5.27. The molecule has 1 heterocycles. The van der Waals surface area contributed by atoms with Crippen LogP contribution in [0.3, 0.4) is 0 Å². The lowest BCUT2D eigenvalue weighted by Crippen LogP contribution is -2.50. The van der Waals surface area contributed by atoms with Crippen LogP contribution in [-0.4, -0.2) is 45.2 Å². The van der Waals surface area contributed by atoms with E-state index < -0.39 is 28.8 Å². The second-order valence-corrected chi connectivity index (χ2v) is 10.8. The topological polar surface area (TPSA) is 64.7 Å². The molecule has 0 aromatic heterocycles. The third-order valence-corrected chi connectivity index (χ3v) is 7.72. The van der Waals surface area contributed by atoms with Crippen molar-refractivity contribution in [3.8, 4) is 0 Å². The number of likely N-dealkylation sites (tertiary alicyclic amines) is 1. The molecule has 208 valence electrons. The average molecular weight is 551 g/mol. The third kappa shape index (κ3) is 8.41. The summed E-state index contributed by atoms with van der Waals surface area (Å²) < 4.78 is 54.4. The molecule has 1 aliphatic rings. The molecule has 3 rings (SSSR count). The van der Waals surface area contributed by atoms with Crippen molar-refractivity contribution < 1.29 is 22.2 Å². The van der Waals surface area contributed by atoms with Crippen molar-refractivity contribution in [3.05, 3.63) is 77.2 Å². The van der Waals surface area contributed by atoms with Gasteiger partial charge >= 0.3 is 12.2 Å². The number of benzene rings is 2. The van der Waals surface area contributed by atoms with Gasteiger partial charge in [-0.05, 0) is 55.5 Å². The van der Waals surface area contributed by atoms with Crippen LogP contribution >= 0.6 is 0 Å². The normalized spacial score (nSPS) is 16.6. The zero-order valence-electron chi connectivity index (χ0n) is 22.0. The average Bonchev–Trinajstić information content (AvgIpc) is 2.90. The molecule has 1 aliphatic heterocycles. The molecule has 0 aliphatic carbocycles. The van der Waals surface area contributed by atoms with Crippen molar-refractivity contribution in [2.75, 3.05) is 18.4 Å². The summed E-state index contributed by atoms with van der Waals surface area (Å²) in [6.45, 7) is 10.2. The van der Waals surface area contributed by atoms with Gasteiger partial charge in [-0.1, -0.05) is 50.3 Å². The Labute approximate surface area is 225 Å². The number of urea groups is 1. The molecule has 6 nitrogen and oxygen atoms in total. The van der Waals surface area contributed by atoms with E-state index >= 15 is 0 Å². The number of carbonyl (C=O) groups excluding carboxylic acids is 1. The van der Waals surface area contributed by atoms with Crippen molar-refractivity contribution in [1.29, 1.82) is 0 Å². The summed E-state index contributed by atoms with van der Waals surface area (Å²) in [5, 5.41) is 4.01. The maximum Gasteiger partial charge on any atom is 0.416 e. The smallest absolute Gasteiger partial charge is 0.317 e. The molecule has 2 N–H and O–H groups in total. The molecule has 2 amide bonds. The highest BCUT2D eigenvalue weighted by atomic mass is 32.2. The molecule has 1 fully saturated rings. The Bertz CT molecular complexity index is 1100. The van der Waals surface area contributed by atoms with Crippen LogP contribution in [0.25, 0.3) is 0 Å². The Kier molecular flexibility index (Phi) is 10.9. The van der Waals surface area contributed by atoms with Crippen LogP contribution in [0.15, 0.2) is 60.5 Å². The second kappa shape index (κ2) is 13.9. The van der Waals surface area contributed by atoms with Crippen LogP contribution in [0.1, 0.15) is 56.2 Å². The van der Waals surface area contributed by atoms with E-state index in [0.29, 0.717) is 12.6 Å². The van der Waals surface area contributed by atoms with E-state index in [0.717, 1.165) is 62.0 Å². The van der Waals surface area contributed by atoms with Gasteiger partial charge in [0, 0.05) is 49.4 Å². The first-order valence-corrected chi connectivity index (χ1v) is 14.2. The highest BCUT2D eigenvalue weighted by Gasteiger charge is 2.32. The van der Waals surface area contributed by atoms with E-state index in [9.17, 15) is 22.2 Å². The predicted octanol–water partition coefficient (Wildman–Crippen LogP) is 6.29. The highest BCUT2D eigenvalue weighted by Crippen LogP contribution is 2.31. The number of hydrogen-bond donors (Lipinski definition) is 2. The Morgan fingerprint density at radius 1 is 1.18 bits per heavy atom. The Balaban J connectivity index is 1.83. The minimum absolute atomic E-state index is 0.0748. The summed E-state index contributed by atoms with van der Waals surface area (Å²) in [5.41, 5.74) is 1.04. The Morgan fingerprint density at radius 2 is 1.87 bits per heavy atom. The van der Waals surface area contributed by atoms with Gasteiger partial charge in [0.05, 0.1) is 5.56 Å². The molecule has 2 aromatic carbocycles. The molecule has 1 saturated heterocycles. The minimum atomic E-state index is -4.50. The molecule has 2 unspecified atom stereocenters. The number of hydrogen-bond acceptors (Lipinski definition) is 3. The van der Waals surface area contributed by atoms with Gasteiger partial charge in [0.25, 0.3) is 0 Å². The lowest BCUT2D eigenvalue weighted by atomic mass is 9.99. The van der Waals surface area contributed by atoms with E-state index in [1.54, 1.807) is 4.90 Å². The SMILES string of the molecule is C=CS(=O)NCc1ccccc1CN(C(=O)Nc1cccc(C(F)(F)F)c1)C1CCN(C(C)CCC)CC1. The number of nitrogens with zero attached hydrogens (tertiary/aromatic N) is 2. The van der Waals surface area contributed by atoms with Crippen LogP contribution in [-0.2, 0) is 30.3 Å². The molecule has 38 heavy (non-hydrogen) atoms. The number of carbonyl (C=O) groups is 1. The van der Waals surface area contributed by atoms with Crippen molar-refractivity contribution >= 4 is 22.7 Å². The Morgan fingerprint density at radius 3 is 2.50 bits per heavy atom. The van der Waals surface area contributed by atoms with E-state index in [4.69, 9.17) is 0 Å². The van der Waals surface area contributed by atoms with Gasteiger partial charge in [-0.15, -0.1) is 0 Å². The largest absolute Gasteiger partial charge is 0.416 e. The van der Waals surface area contributed by atoms with E-state index in [2.05, 4.69) is 35.4 Å². The van der Waals surface area contributed by atoms with Crippen LogP contribution < -0.4 is 10.0 Å². The van der Waals surface area contributed by atoms with Crippen molar-refractivity contribution in [1.82, 2.24) is 14.5 Å². The van der Waals surface area contributed by atoms with Gasteiger partial charge in [-0.3, -0.25) is 0 Å². The summed E-state index contributed by atoms with van der Waals surface area (Å²) in [7, 11) is -1.38. The van der Waals surface area contributed by atoms with Crippen LogP contribution in [0.2, 0.25) is 0 Å². The molecule has 10 heteroatoms. The lowest BCUT2D eigenvalue weighted by molar-refractivity contribution is -0.137. The first kappa shape index (κ1) is 29.9. The minimum Gasteiger partial charge on any atom is -0.317 e. The molecular formula is C28H37F3N4O2S. The monoisotopic (exact) mass is 550 g/mol. The molecule has 0 saturated carbocycles. The highest BCUT2D eigenvalue weighted by molar-refractivity contribution is 7.85. The standard InChI is InChI=1S/C28H37F3N4O2S/c1-4-9-21(3)34-16-14-26(15-17-34)35(20-23-11-7-6-10-22(23)19-32-38(37)5-2)27(36)33-25-13-8-12-24(18-25)28(29,30)31/h5-8,10-13,18,21,26,32H,2,4,9,14-17,19-20H2,1,3H3,(H,33,36). The lowest BCUT2D eigenvalue weighted by Gasteiger charge is -2.41. The van der Waals surface area contributed by atoms with Gasteiger partial charge in [-0.25, -0.2) is 13.7 Å². The molecule has 0 spiro atoms. The second-order valence-electron chi connectivity index (χ2n) is 9.60. The number of halogens is 3. The number of piperidine rings is 1. The first-order chi connectivity index (χ1) is 18.1. The summed E-state index contributed by atoms with van der Waals surface area (Å²) >= 11 is 0. The van der Waals surface area contributed by atoms with E-state index in [-0.39, 0.29) is 18.3 Å². The van der Waals surface area contributed by atoms with Gasteiger partial charge in [0.15, 0.2) is 0 Å². The zero-order valence-corrected chi connectivity index (χ0v) is 22.8. The van der Waals surface area contributed by atoms with Gasteiger partial charge in [0.2, 0.25) is 0 Å². The van der Waals surface area contributed by atoms with E-state index in [1.165, 1.54) is 17.5 Å². The van der Waals surface area contributed by atoms with Crippen LogP contribution in [0.5, 0.6) is 0 Å². The predicted molar refractivity (Wildman–Crippen MR) is 147 cm³/mol. The van der Waals surface area contributed by atoms with Crippen LogP contribution in [0.4, 0.5) is 23.7 Å². The number of amides is 2. The zero-order chi connectivity index (χ0) is 27.7. The van der Waals surface area contributed by atoms with Crippen molar-refractivity contribution in [2.24, 2.45) is 0 Å². The summed E-state index contributed by atoms with van der Waals surface area (Å²) in [6.07, 6.45) is -0.749. The van der Waals surface area contributed by atoms with Crippen molar-refractivity contribution in [2.45, 2.75) is 70.9 Å². The number of rotatable bonds is 11. The molecule has 0 radical (unpaired) electrons. The van der Waals surface area contributed by atoms with Gasteiger partial charge in [0.1, 0.15) is 11.0 Å². The molecule has 2 atom stereocenters. The number of alkyl halides is 3. The summed E-state index contributed by atoms with van der Waals surface area (Å²) in [6, 6.07) is 12.2. The molecular weight excluding hydrogens is 513 g/mol. The Hall–Kier alpha value is -2.69. The maximum atomic E-state index is 13.6. The molecule has 2 aromatic rings. The fourth-order valence-electron chi connectivity index (χ4n) is 4.85. The quantitative estimate of drug-likeness (QED) is 0.346. The first-order valence-electron chi connectivity index (χ1n) is 12.9. The van der Waals surface area contributed by atoms with Crippen LogP contribution in [0, 0.1) is 0 Å². The fraction of sp³-hybridized carbons (Fsp3) is 0.464. The van der Waals surface area contributed by atoms with Crippen molar-refractivity contribution in [3.63, 3.8) is 0 Å². The summed E-state index contributed by atoms with van der Waals surface area (Å²) in [4.78, 5) is 17.7. The van der Waals surface area contributed by atoms with Gasteiger partial charge < -0.3 is 15.1 Å². The van der Waals surface area contributed by atoms with Gasteiger partial charge in [-0.2, -0.15) is 13.2 Å². The summed E-state index contributed by atoms with van der Waals surface area (Å²) in [5.74, 6) is 0. The van der Waals surface area contributed by atoms with E-state index in [1.807, 2.05) is 24.3 Å². The molecule has 0 bridgehead atoms. The maximum absolute atomic E-state index is 13.6. The number of nitrogens with one attached hydrogen (secondary N) is 2.